The zero-order valence-corrected chi connectivity index (χ0v) is 11.8. The fourth-order valence-corrected chi connectivity index (χ4v) is 2.63. The van der Waals surface area contributed by atoms with Crippen molar-refractivity contribution in [2.24, 2.45) is 5.92 Å². The summed E-state index contributed by atoms with van der Waals surface area (Å²) in [7, 11) is 1.62. The molecule has 0 bridgehead atoms. The normalized spacial score (nSPS) is 19.6. The zero-order valence-electron chi connectivity index (χ0n) is 11.8. The summed E-state index contributed by atoms with van der Waals surface area (Å²) in [6, 6.07) is 5.89. The minimum absolute atomic E-state index is 0.0800. The molecule has 0 N–H and O–H groups in total. The van der Waals surface area contributed by atoms with Gasteiger partial charge in [-0.05, 0) is 48.4 Å². The molecule has 0 fully saturated rings. The van der Waals surface area contributed by atoms with E-state index < -0.39 is 12.1 Å². The third kappa shape index (κ3) is 3.17. The number of aryl methyl sites for hydroxylation is 1. The lowest BCUT2D eigenvalue weighted by Crippen LogP contribution is -2.24. The van der Waals surface area contributed by atoms with E-state index in [4.69, 9.17) is 4.74 Å². The van der Waals surface area contributed by atoms with Crippen LogP contribution in [-0.2, 0) is 6.42 Å². The fourth-order valence-electron chi connectivity index (χ4n) is 2.63. The van der Waals surface area contributed by atoms with E-state index in [1.54, 1.807) is 13.2 Å². The molecule has 1 atom stereocenters. The van der Waals surface area contributed by atoms with Crippen LogP contribution in [0.1, 0.15) is 37.3 Å². The Balaban J connectivity index is 2.19. The first-order valence-corrected chi connectivity index (χ1v) is 6.88. The number of ether oxygens (including phenoxy) is 1. The highest BCUT2D eigenvalue weighted by Crippen LogP contribution is 2.40. The fraction of sp³-hybridized carbons (Fsp3) is 0.500. The van der Waals surface area contributed by atoms with Crippen molar-refractivity contribution in [3.8, 4) is 5.75 Å². The maximum Gasteiger partial charge on any atom is 0.392 e. The van der Waals surface area contributed by atoms with Crippen molar-refractivity contribution < 1.29 is 17.9 Å². The number of rotatable bonds is 3. The Morgan fingerprint density at radius 1 is 1.30 bits per heavy atom. The number of allylic oxidation sites excluding steroid dienone is 2. The SMILES string of the molecule is CCc1ccc(C2=CCC(C(F)(F)F)CC2)cc1OC. The third-order valence-corrected chi connectivity index (χ3v) is 3.91. The molecule has 1 aliphatic carbocycles. The lowest BCUT2D eigenvalue weighted by Gasteiger charge is -2.24. The first-order chi connectivity index (χ1) is 9.45. The Bertz CT molecular complexity index is 503. The largest absolute Gasteiger partial charge is 0.496 e. The monoisotopic (exact) mass is 284 g/mol. The number of methoxy groups -OCH3 is 1. The van der Waals surface area contributed by atoms with E-state index in [9.17, 15) is 13.2 Å². The first-order valence-electron chi connectivity index (χ1n) is 6.88. The molecule has 1 aromatic rings. The summed E-state index contributed by atoms with van der Waals surface area (Å²) in [5, 5.41) is 0. The quantitative estimate of drug-likeness (QED) is 0.758. The van der Waals surface area contributed by atoms with Gasteiger partial charge in [-0.3, -0.25) is 0 Å². The molecule has 0 spiro atoms. The van der Waals surface area contributed by atoms with Gasteiger partial charge in [0.1, 0.15) is 5.75 Å². The van der Waals surface area contributed by atoms with Gasteiger partial charge in [0.15, 0.2) is 0 Å². The van der Waals surface area contributed by atoms with Crippen molar-refractivity contribution in [2.75, 3.05) is 7.11 Å². The van der Waals surface area contributed by atoms with E-state index >= 15 is 0 Å². The Labute approximate surface area is 117 Å². The Hall–Kier alpha value is -1.45. The molecule has 20 heavy (non-hydrogen) atoms. The molecule has 1 unspecified atom stereocenters. The van der Waals surface area contributed by atoms with Gasteiger partial charge in [0.05, 0.1) is 13.0 Å². The lowest BCUT2D eigenvalue weighted by atomic mass is 9.86. The number of alkyl halides is 3. The molecule has 0 saturated heterocycles. The average Bonchev–Trinajstić information content (AvgIpc) is 2.45. The standard InChI is InChI=1S/C16H19F3O/c1-3-11-4-5-13(10-15(11)20-2)12-6-8-14(9-7-12)16(17,18)19/h4-6,10,14H,3,7-9H2,1-2H3. The van der Waals surface area contributed by atoms with Gasteiger partial charge in [-0.25, -0.2) is 0 Å². The maximum atomic E-state index is 12.6. The van der Waals surface area contributed by atoms with Crippen molar-refractivity contribution >= 4 is 5.57 Å². The minimum atomic E-state index is -4.08. The van der Waals surface area contributed by atoms with E-state index in [0.29, 0.717) is 6.42 Å². The summed E-state index contributed by atoms with van der Waals surface area (Å²) in [6.07, 6.45) is -0.755. The van der Waals surface area contributed by atoms with Gasteiger partial charge in [0.2, 0.25) is 0 Å². The van der Waals surface area contributed by atoms with Crippen LogP contribution >= 0.6 is 0 Å². The van der Waals surface area contributed by atoms with Gasteiger partial charge < -0.3 is 4.74 Å². The van der Waals surface area contributed by atoms with Gasteiger partial charge >= 0.3 is 6.18 Å². The highest BCUT2D eigenvalue weighted by Gasteiger charge is 2.39. The van der Waals surface area contributed by atoms with Gasteiger partial charge in [-0.15, -0.1) is 0 Å². The summed E-state index contributed by atoms with van der Waals surface area (Å²) in [5.41, 5.74) is 3.08. The molecule has 1 aliphatic rings. The topological polar surface area (TPSA) is 9.23 Å². The molecule has 2 rings (SSSR count). The van der Waals surface area contributed by atoms with Crippen LogP contribution in [0.2, 0.25) is 0 Å². The maximum absolute atomic E-state index is 12.6. The van der Waals surface area contributed by atoms with Gasteiger partial charge in [-0.1, -0.05) is 25.1 Å². The number of halogens is 3. The summed E-state index contributed by atoms with van der Waals surface area (Å²) < 4.78 is 43.3. The summed E-state index contributed by atoms with van der Waals surface area (Å²) in [5.74, 6) is -0.382. The van der Waals surface area contributed by atoms with Gasteiger partial charge in [0, 0.05) is 0 Å². The summed E-state index contributed by atoms with van der Waals surface area (Å²) in [6.45, 7) is 2.05. The third-order valence-electron chi connectivity index (χ3n) is 3.91. The van der Waals surface area contributed by atoms with Crippen LogP contribution in [-0.4, -0.2) is 13.3 Å². The highest BCUT2D eigenvalue weighted by atomic mass is 19.4. The molecule has 0 saturated carbocycles. The minimum Gasteiger partial charge on any atom is -0.496 e. The summed E-state index contributed by atoms with van der Waals surface area (Å²) >= 11 is 0. The molecule has 4 heteroatoms. The smallest absolute Gasteiger partial charge is 0.392 e. The first kappa shape index (κ1) is 14.9. The van der Waals surface area contributed by atoms with Crippen LogP contribution in [0.4, 0.5) is 13.2 Å². The number of benzene rings is 1. The van der Waals surface area contributed by atoms with Crippen LogP contribution in [0.5, 0.6) is 5.75 Å². The van der Waals surface area contributed by atoms with Crippen LogP contribution < -0.4 is 4.74 Å². The number of hydrogen-bond acceptors (Lipinski definition) is 1. The van der Waals surface area contributed by atoms with Crippen LogP contribution in [0, 0.1) is 5.92 Å². The van der Waals surface area contributed by atoms with E-state index in [0.717, 1.165) is 28.9 Å². The van der Waals surface area contributed by atoms with Gasteiger partial charge in [0.25, 0.3) is 0 Å². The average molecular weight is 284 g/mol. The molecule has 0 aromatic heterocycles. The highest BCUT2D eigenvalue weighted by molar-refractivity contribution is 5.68. The van der Waals surface area contributed by atoms with Crippen molar-refractivity contribution in [1.29, 1.82) is 0 Å². The second kappa shape index (κ2) is 5.90. The Morgan fingerprint density at radius 3 is 2.55 bits per heavy atom. The molecule has 0 amide bonds. The van der Waals surface area contributed by atoms with E-state index in [1.165, 1.54) is 0 Å². The molecule has 1 aromatic carbocycles. The Kier molecular flexibility index (Phi) is 4.41. The molecular formula is C16H19F3O. The van der Waals surface area contributed by atoms with E-state index in [-0.39, 0.29) is 12.8 Å². The van der Waals surface area contributed by atoms with Crippen molar-refractivity contribution in [2.45, 2.75) is 38.8 Å². The molecule has 0 heterocycles. The molecule has 0 aliphatic heterocycles. The van der Waals surface area contributed by atoms with Crippen molar-refractivity contribution in [1.82, 2.24) is 0 Å². The zero-order chi connectivity index (χ0) is 14.8. The lowest BCUT2D eigenvalue weighted by molar-refractivity contribution is -0.175. The second-order valence-electron chi connectivity index (χ2n) is 5.12. The van der Waals surface area contributed by atoms with Crippen LogP contribution in [0.3, 0.4) is 0 Å². The van der Waals surface area contributed by atoms with Crippen molar-refractivity contribution in [3.63, 3.8) is 0 Å². The van der Waals surface area contributed by atoms with Crippen LogP contribution in [0.25, 0.3) is 5.57 Å². The van der Waals surface area contributed by atoms with Crippen molar-refractivity contribution in [3.05, 3.63) is 35.4 Å². The van der Waals surface area contributed by atoms with Gasteiger partial charge in [-0.2, -0.15) is 13.2 Å². The summed E-state index contributed by atoms with van der Waals surface area (Å²) in [4.78, 5) is 0. The predicted octanol–water partition coefficient (Wildman–Crippen LogP) is 5.00. The van der Waals surface area contributed by atoms with E-state index in [1.807, 2.05) is 25.1 Å². The van der Waals surface area contributed by atoms with E-state index in [2.05, 4.69) is 0 Å². The Morgan fingerprint density at radius 2 is 2.05 bits per heavy atom. The second-order valence-corrected chi connectivity index (χ2v) is 5.12. The molecule has 0 radical (unpaired) electrons. The molecule has 110 valence electrons. The van der Waals surface area contributed by atoms with Crippen LogP contribution in [0.15, 0.2) is 24.3 Å². The molecule has 1 nitrogen and oxygen atoms in total. The number of hydrogen-bond donors (Lipinski definition) is 0. The molecular weight excluding hydrogens is 265 g/mol. The predicted molar refractivity (Wildman–Crippen MR) is 73.7 cm³/mol.